The van der Waals surface area contributed by atoms with Gasteiger partial charge in [0.25, 0.3) is 0 Å². The molecule has 1 rings (SSSR count). The predicted octanol–water partition coefficient (Wildman–Crippen LogP) is 1.41. The van der Waals surface area contributed by atoms with E-state index in [0.29, 0.717) is 6.61 Å². The summed E-state index contributed by atoms with van der Waals surface area (Å²) in [6.07, 6.45) is 5.17. The molecule has 0 aromatic heterocycles. The van der Waals surface area contributed by atoms with Gasteiger partial charge in [-0.05, 0) is 44.1 Å². The second-order valence-corrected chi connectivity index (χ2v) is 4.08. The van der Waals surface area contributed by atoms with E-state index in [-0.39, 0.29) is 0 Å². The van der Waals surface area contributed by atoms with Crippen LogP contribution in [0.1, 0.15) is 25.7 Å². The Kier molecular flexibility index (Phi) is 6.15. The first kappa shape index (κ1) is 12.0. The number of ether oxygens (including phenoxy) is 2. The molecule has 14 heavy (non-hydrogen) atoms. The molecule has 0 aliphatic heterocycles. The van der Waals surface area contributed by atoms with Gasteiger partial charge in [0.15, 0.2) is 0 Å². The lowest BCUT2D eigenvalue weighted by Crippen LogP contribution is -2.32. The Morgan fingerprint density at radius 2 is 1.93 bits per heavy atom. The zero-order chi connectivity index (χ0) is 10.2. The van der Waals surface area contributed by atoms with Crippen LogP contribution in [0.25, 0.3) is 0 Å². The molecule has 3 heteroatoms. The lowest BCUT2D eigenvalue weighted by molar-refractivity contribution is 0.0616. The van der Waals surface area contributed by atoms with Crippen molar-refractivity contribution < 1.29 is 9.47 Å². The van der Waals surface area contributed by atoms with E-state index in [0.717, 1.165) is 31.6 Å². The molecule has 1 fully saturated rings. The molecule has 1 saturated carbocycles. The summed E-state index contributed by atoms with van der Waals surface area (Å²) < 4.78 is 10.3. The summed E-state index contributed by atoms with van der Waals surface area (Å²) in [4.78, 5) is 0. The maximum atomic E-state index is 5.65. The largest absolute Gasteiger partial charge is 0.382 e. The van der Waals surface area contributed by atoms with Gasteiger partial charge < -0.3 is 15.2 Å². The fourth-order valence-electron chi connectivity index (χ4n) is 2.02. The average Bonchev–Trinajstić information content (AvgIpc) is 2.15. The highest BCUT2D eigenvalue weighted by Gasteiger charge is 2.28. The maximum absolute atomic E-state index is 5.65. The number of nitrogens with two attached hydrogens (primary N) is 1. The number of methoxy groups -OCH3 is 1. The molecule has 1 aliphatic carbocycles. The van der Waals surface area contributed by atoms with E-state index in [9.17, 15) is 0 Å². The molecule has 0 saturated heterocycles. The van der Waals surface area contributed by atoms with E-state index < -0.39 is 0 Å². The third-order valence-electron chi connectivity index (χ3n) is 3.17. The Morgan fingerprint density at radius 3 is 2.50 bits per heavy atom. The molecule has 3 nitrogen and oxygen atoms in total. The van der Waals surface area contributed by atoms with Gasteiger partial charge in [-0.15, -0.1) is 0 Å². The topological polar surface area (TPSA) is 44.5 Å². The van der Waals surface area contributed by atoms with Crippen LogP contribution in [-0.4, -0.2) is 33.5 Å². The zero-order valence-electron chi connectivity index (χ0n) is 9.21. The van der Waals surface area contributed by atoms with Crippen molar-refractivity contribution in [3.05, 3.63) is 0 Å². The summed E-state index contributed by atoms with van der Waals surface area (Å²) in [6, 6.07) is 0. The van der Waals surface area contributed by atoms with Crippen LogP contribution in [0.5, 0.6) is 0 Å². The van der Waals surface area contributed by atoms with Crippen molar-refractivity contribution in [1.29, 1.82) is 0 Å². The fraction of sp³-hybridized carbons (Fsp3) is 1.00. The summed E-state index contributed by atoms with van der Waals surface area (Å²) in [6.45, 7) is 3.17. The van der Waals surface area contributed by atoms with E-state index in [1.165, 1.54) is 25.7 Å². The molecule has 0 bridgehead atoms. The standard InChI is InChI=1S/C11H23NO2/c1-13-7-8-14-6-2-3-10-4-5-11(10)9-12/h10-11H,2-9,12H2,1H3. The quantitative estimate of drug-likeness (QED) is 0.604. The molecule has 0 heterocycles. The van der Waals surface area contributed by atoms with E-state index in [4.69, 9.17) is 15.2 Å². The molecule has 2 N–H and O–H groups in total. The fourth-order valence-corrected chi connectivity index (χ4v) is 2.02. The summed E-state index contributed by atoms with van der Waals surface area (Å²) >= 11 is 0. The first-order valence-electron chi connectivity index (χ1n) is 5.65. The lowest BCUT2D eigenvalue weighted by Gasteiger charge is -2.35. The van der Waals surface area contributed by atoms with Crippen molar-refractivity contribution in [2.75, 3.05) is 33.5 Å². The van der Waals surface area contributed by atoms with Gasteiger partial charge in [-0.25, -0.2) is 0 Å². The van der Waals surface area contributed by atoms with Gasteiger partial charge in [-0.2, -0.15) is 0 Å². The van der Waals surface area contributed by atoms with Crippen LogP contribution >= 0.6 is 0 Å². The Morgan fingerprint density at radius 1 is 1.14 bits per heavy atom. The third kappa shape index (κ3) is 3.95. The molecule has 1 aliphatic rings. The molecule has 0 spiro atoms. The van der Waals surface area contributed by atoms with E-state index in [1.807, 2.05) is 0 Å². The van der Waals surface area contributed by atoms with Crippen LogP contribution in [-0.2, 0) is 9.47 Å². The Balaban J connectivity index is 1.84. The monoisotopic (exact) mass is 201 g/mol. The molecule has 0 radical (unpaired) electrons. The van der Waals surface area contributed by atoms with Crippen molar-refractivity contribution in [3.63, 3.8) is 0 Å². The number of rotatable bonds is 8. The van der Waals surface area contributed by atoms with E-state index in [1.54, 1.807) is 7.11 Å². The van der Waals surface area contributed by atoms with Crippen LogP contribution in [0, 0.1) is 11.8 Å². The van der Waals surface area contributed by atoms with Gasteiger partial charge in [0.05, 0.1) is 13.2 Å². The Bertz CT molecular complexity index is 139. The van der Waals surface area contributed by atoms with E-state index >= 15 is 0 Å². The molecule has 84 valence electrons. The van der Waals surface area contributed by atoms with Gasteiger partial charge in [-0.3, -0.25) is 0 Å². The normalized spacial score (nSPS) is 26.1. The highest BCUT2D eigenvalue weighted by Crippen LogP contribution is 2.36. The first-order chi connectivity index (χ1) is 6.88. The SMILES string of the molecule is COCCOCCCC1CCC1CN. The first-order valence-corrected chi connectivity index (χ1v) is 5.65. The van der Waals surface area contributed by atoms with Gasteiger partial charge >= 0.3 is 0 Å². The van der Waals surface area contributed by atoms with Crippen LogP contribution in [0.3, 0.4) is 0 Å². The van der Waals surface area contributed by atoms with Crippen LogP contribution < -0.4 is 5.73 Å². The molecular formula is C11H23NO2. The third-order valence-corrected chi connectivity index (χ3v) is 3.17. The minimum Gasteiger partial charge on any atom is -0.382 e. The number of hydrogen-bond acceptors (Lipinski definition) is 3. The van der Waals surface area contributed by atoms with Gasteiger partial charge in [-0.1, -0.05) is 0 Å². The highest BCUT2D eigenvalue weighted by atomic mass is 16.5. The summed E-state index contributed by atoms with van der Waals surface area (Å²) in [7, 11) is 1.70. The minimum absolute atomic E-state index is 0.703. The zero-order valence-corrected chi connectivity index (χ0v) is 9.21. The molecule has 0 aromatic rings. The average molecular weight is 201 g/mol. The number of hydrogen-bond donors (Lipinski definition) is 1. The molecule has 2 atom stereocenters. The van der Waals surface area contributed by atoms with Crippen molar-refractivity contribution in [2.45, 2.75) is 25.7 Å². The predicted molar refractivity (Wildman–Crippen MR) is 57.2 cm³/mol. The van der Waals surface area contributed by atoms with Crippen molar-refractivity contribution in [1.82, 2.24) is 0 Å². The lowest BCUT2D eigenvalue weighted by atomic mass is 9.71. The second-order valence-electron chi connectivity index (χ2n) is 4.08. The van der Waals surface area contributed by atoms with Gasteiger partial charge in [0.1, 0.15) is 0 Å². The maximum Gasteiger partial charge on any atom is 0.0700 e. The van der Waals surface area contributed by atoms with E-state index in [2.05, 4.69) is 0 Å². The second kappa shape index (κ2) is 7.21. The molecule has 0 amide bonds. The summed E-state index contributed by atoms with van der Waals surface area (Å²) in [5.74, 6) is 1.68. The van der Waals surface area contributed by atoms with Crippen molar-refractivity contribution >= 4 is 0 Å². The van der Waals surface area contributed by atoms with Crippen LogP contribution in [0.15, 0.2) is 0 Å². The highest BCUT2D eigenvalue weighted by molar-refractivity contribution is 4.80. The van der Waals surface area contributed by atoms with Crippen molar-refractivity contribution in [2.24, 2.45) is 17.6 Å². The smallest absolute Gasteiger partial charge is 0.0700 e. The molecular weight excluding hydrogens is 178 g/mol. The minimum atomic E-state index is 0.703. The summed E-state index contributed by atoms with van der Waals surface area (Å²) in [5, 5.41) is 0. The Hall–Kier alpha value is -0.120. The van der Waals surface area contributed by atoms with Crippen molar-refractivity contribution in [3.8, 4) is 0 Å². The van der Waals surface area contributed by atoms with Gasteiger partial charge in [0, 0.05) is 13.7 Å². The Labute approximate surface area is 86.9 Å². The molecule has 0 aromatic carbocycles. The van der Waals surface area contributed by atoms with Crippen LogP contribution in [0.2, 0.25) is 0 Å². The summed E-state index contributed by atoms with van der Waals surface area (Å²) in [5.41, 5.74) is 5.65. The van der Waals surface area contributed by atoms with Gasteiger partial charge in [0.2, 0.25) is 0 Å². The van der Waals surface area contributed by atoms with Crippen LogP contribution in [0.4, 0.5) is 0 Å². The molecule has 2 unspecified atom stereocenters.